The first-order valence-electron chi connectivity index (χ1n) is 7.97. The third kappa shape index (κ3) is 5.56. The largest absolute Gasteiger partial charge is 0.355 e. The number of carbonyl (C=O) groups excluding carboxylic acids is 1. The number of nitrogens with one attached hydrogen (secondary N) is 2. The van der Waals surface area contributed by atoms with Gasteiger partial charge in [-0.3, -0.25) is 4.79 Å². The van der Waals surface area contributed by atoms with Crippen LogP contribution in [0.4, 0.5) is 0 Å². The molecular formula is C14H27N3O3S. The smallest absolute Gasteiger partial charge is 0.223 e. The van der Waals surface area contributed by atoms with Crippen LogP contribution >= 0.6 is 0 Å². The molecule has 6 nitrogen and oxygen atoms in total. The van der Waals surface area contributed by atoms with Crippen molar-refractivity contribution in [2.45, 2.75) is 51.0 Å². The second-order valence-corrected chi connectivity index (χ2v) is 8.31. The van der Waals surface area contributed by atoms with Gasteiger partial charge < -0.3 is 11.1 Å². The second-order valence-electron chi connectivity index (χ2n) is 6.38. The first-order chi connectivity index (χ1) is 9.96. The van der Waals surface area contributed by atoms with E-state index in [4.69, 9.17) is 5.73 Å². The fourth-order valence-electron chi connectivity index (χ4n) is 2.93. The van der Waals surface area contributed by atoms with Gasteiger partial charge in [-0.25, -0.2) is 13.1 Å². The first kappa shape index (κ1) is 16.7. The molecule has 0 aliphatic heterocycles. The molecule has 2 atom stereocenters. The maximum atomic E-state index is 12.0. The highest BCUT2D eigenvalue weighted by Crippen LogP contribution is 2.25. The second kappa shape index (κ2) is 7.56. The molecule has 0 spiro atoms. The van der Waals surface area contributed by atoms with E-state index in [1.54, 1.807) is 0 Å². The Morgan fingerprint density at radius 1 is 1.14 bits per heavy atom. The fourth-order valence-corrected chi connectivity index (χ4v) is 3.94. The van der Waals surface area contributed by atoms with E-state index in [1.807, 2.05) is 0 Å². The Morgan fingerprint density at radius 3 is 2.48 bits per heavy atom. The number of nitrogens with two attached hydrogens (primary N) is 1. The summed E-state index contributed by atoms with van der Waals surface area (Å²) in [7, 11) is -3.28. The van der Waals surface area contributed by atoms with Crippen LogP contribution < -0.4 is 15.8 Å². The van der Waals surface area contributed by atoms with E-state index in [-0.39, 0.29) is 30.2 Å². The minimum atomic E-state index is -3.28. The zero-order valence-corrected chi connectivity index (χ0v) is 13.3. The van der Waals surface area contributed by atoms with Crippen molar-refractivity contribution in [3.8, 4) is 0 Å². The molecule has 2 aliphatic rings. The van der Waals surface area contributed by atoms with Crippen LogP contribution in [0.2, 0.25) is 0 Å². The van der Waals surface area contributed by atoms with Crippen LogP contribution in [0.25, 0.3) is 0 Å². The average molecular weight is 317 g/mol. The Balaban J connectivity index is 1.64. The minimum absolute atomic E-state index is 0.0514. The standard InChI is InChI=1S/C14H27N3O3S/c15-13-6-2-5-12(9-13)14(18)16-7-8-21(19,20)17-10-11-3-1-4-11/h11-13,17H,1-10,15H2,(H,16,18). The van der Waals surface area contributed by atoms with Crippen molar-refractivity contribution in [1.29, 1.82) is 0 Å². The molecule has 2 fully saturated rings. The monoisotopic (exact) mass is 317 g/mol. The highest BCUT2D eigenvalue weighted by Gasteiger charge is 2.25. The molecule has 0 heterocycles. The molecule has 2 unspecified atom stereocenters. The van der Waals surface area contributed by atoms with Crippen molar-refractivity contribution in [1.82, 2.24) is 10.0 Å². The van der Waals surface area contributed by atoms with E-state index in [0.717, 1.165) is 32.1 Å². The van der Waals surface area contributed by atoms with E-state index in [0.29, 0.717) is 18.9 Å². The molecule has 0 aromatic carbocycles. The van der Waals surface area contributed by atoms with Crippen molar-refractivity contribution in [3.63, 3.8) is 0 Å². The molecule has 122 valence electrons. The van der Waals surface area contributed by atoms with E-state index >= 15 is 0 Å². The van der Waals surface area contributed by atoms with Crippen molar-refractivity contribution in [2.24, 2.45) is 17.6 Å². The van der Waals surface area contributed by atoms with Gasteiger partial charge in [-0.15, -0.1) is 0 Å². The van der Waals surface area contributed by atoms with Gasteiger partial charge in [0.25, 0.3) is 0 Å². The molecule has 4 N–H and O–H groups in total. The number of hydrogen-bond acceptors (Lipinski definition) is 4. The SMILES string of the molecule is NC1CCCC(C(=O)NCCS(=O)(=O)NCC2CCC2)C1. The molecule has 0 aromatic rings. The van der Waals surface area contributed by atoms with Crippen LogP contribution in [0.5, 0.6) is 0 Å². The first-order valence-corrected chi connectivity index (χ1v) is 9.62. The summed E-state index contributed by atoms with van der Waals surface area (Å²) in [6.45, 7) is 0.707. The van der Waals surface area contributed by atoms with E-state index in [1.165, 1.54) is 6.42 Å². The molecule has 2 aliphatic carbocycles. The number of rotatable bonds is 7. The lowest BCUT2D eigenvalue weighted by atomic mass is 9.85. The zero-order valence-electron chi connectivity index (χ0n) is 12.5. The van der Waals surface area contributed by atoms with Crippen molar-refractivity contribution >= 4 is 15.9 Å². The molecule has 7 heteroatoms. The highest BCUT2D eigenvalue weighted by molar-refractivity contribution is 7.89. The van der Waals surface area contributed by atoms with Gasteiger partial charge in [0.05, 0.1) is 5.75 Å². The van der Waals surface area contributed by atoms with Gasteiger partial charge in [-0.1, -0.05) is 12.8 Å². The number of hydrogen-bond donors (Lipinski definition) is 3. The van der Waals surface area contributed by atoms with Gasteiger partial charge in [0.15, 0.2) is 0 Å². The summed E-state index contributed by atoms with van der Waals surface area (Å²) < 4.78 is 26.2. The van der Waals surface area contributed by atoms with Crippen LogP contribution in [0.15, 0.2) is 0 Å². The molecule has 1 amide bonds. The summed E-state index contributed by atoms with van der Waals surface area (Å²) in [5, 5.41) is 2.73. The average Bonchev–Trinajstić information content (AvgIpc) is 2.36. The van der Waals surface area contributed by atoms with Gasteiger partial charge in [-0.05, 0) is 38.0 Å². The van der Waals surface area contributed by atoms with Crippen LogP contribution in [0, 0.1) is 11.8 Å². The van der Waals surface area contributed by atoms with Crippen molar-refractivity contribution in [2.75, 3.05) is 18.8 Å². The third-order valence-electron chi connectivity index (χ3n) is 4.57. The lowest BCUT2D eigenvalue weighted by molar-refractivity contribution is -0.125. The Kier molecular flexibility index (Phi) is 6.01. The molecule has 0 radical (unpaired) electrons. The van der Waals surface area contributed by atoms with E-state index < -0.39 is 10.0 Å². The third-order valence-corrected chi connectivity index (χ3v) is 5.92. The van der Waals surface area contributed by atoms with Gasteiger partial charge >= 0.3 is 0 Å². The Labute approximate surface area is 127 Å². The lowest BCUT2D eigenvalue weighted by Crippen LogP contribution is -2.41. The van der Waals surface area contributed by atoms with Gasteiger partial charge in [-0.2, -0.15) is 0 Å². The molecule has 0 bridgehead atoms. The predicted molar refractivity (Wildman–Crippen MR) is 82.1 cm³/mol. The number of carbonyl (C=O) groups is 1. The summed E-state index contributed by atoms with van der Waals surface area (Å²) in [6, 6.07) is 0.0994. The summed E-state index contributed by atoms with van der Waals surface area (Å²) in [4.78, 5) is 12.0. The van der Waals surface area contributed by atoms with Crippen molar-refractivity contribution in [3.05, 3.63) is 0 Å². The van der Waals surface area contributed by atoms with E-state index in [9.17, 15) is 13.2 Å². The number of sulfonamides is 1. The molecular weight excluding hydrogens is 290 g/mol. The van der Waals surface area contributed by atoms with Crippen molar-refractivity contribution < 1.29 is 13.2 Å². The lowest BCUT2D eigenvalue weighted by Gasteiger charge is -2.26. The summed E-state index contributed by atoms with van der Waals surface area (Å²) in [5.41, 5.74) is 5.86. The normalized spacial score (nSPS) is 27.1. The number of amides is 1. The van der Waals surface area contributed by atoms with Crippen LogP contribution in [-0.2, 0) is 14.8 Å². The van der Waals surface area contributed by atoms with Crippen LogP contribution in [0.1, 0.15) is 44.9 Å². The topological polar surface area (TPSA) is 101 Å². The van der Waals surface area contributed by atoms with Gasteiger partial charge in [0.1, 0.15) is 0 Å². The maximum absolute atomic E-state index is 12.0. The van der Waals surface area contributed by atoms with Crippen LogP contribution in [-0.4, -0.2) is 39.2 Å². The maximum Gasteiger partial charge on any atom is 0.223 e. The van der Waals surface area contributed by atoms with E-state index in [2.05, 4.69) is 10.0 Å². The molecule has 2 saturated carbocycles. The Morgan fingerprint density at radius 2 is 1.86 bits per heavy atom. The summed E-state index contributed by atoms with van der Waals surface area (Å²) >= 11 is 0. The molecule has 2 rings (SSSR count). The fraction of sp³-hybridized carbons (Fsp3) is 0.929. The van der Waals surface area contributed by atoms with Gasteiger partial charge in [0, 0.05) is 25.0 Å². The Bertz CT molecular complexity index is 448. The summed E-state index contributed by atoms with van der Waals surface area (Å²) in [6.07, 6.45) is 6.93. The quantitative estimate of drug-likeness (QED) is 0.630. The zero-order chi connectivity index (χ0) is 15.3. The highest BCUT2D eigenvalue weighted by atomic mass is 32.2. The van der Waals surface area contributed by atoms with Crippen LogP contribution in [0.3, 0.4) is 0 Å². The predicted octanol–water partition coefficient (Wildman–Crippen LogP) is 0.340. The van der Waals surface area contributed by atoms with Gasteiger partial charge in [0.2, 0.25) is 15.9 Å². The Hall–Kier alpha value is -0.660. The minimum Gasteiger partial charge on any atom is -0.355 e. The summed E-state index contributed by atoms with van der Waals surface area (Å²) in [5.74, 6) is 0.335. The molecule has 0 saturated heterocycles. The molecule has 0 aromatic heterocycles. The molecule has 21 heavy (non-hydrogen) atoms.